The molecule has 180 valence electrons. The number of nitrogens with zero attached hydrogens (tertiary/aromatic N) is 1. The summed E-state index contributed by atoms with van der Waals surface area (Å²) in [5.41, 5.74) is 14.5. The predicted octanol–water partition coefficient (Wildman–Crippen LogP) is 4.39. The van der Waals surface area contributed by atoms with Crippen LogP contribution in [-0.2, 0) is 20.5 Å². The van der Waals surface area contributed by atoms with E-state index in [1.54, 1.807) is 12.1 Å². The van der Waals surface area contributed by atoms with E-state index in [9.17, 15) is 10.1 Å². The Kier molecular flexibility index (Phi) is 8.08. The van der Waals surface area contributed by atoms with Crippen LogP contribution in [0.1, 0.15) is 36.1 Å². The molecule has 6 heteroatoms. The fourth-order valence-electron chi connectivity index (χ4n) is 3.77. The molecule has 35 heavy (non-hydrogen) atoms. The van der Waals surface area contributed by atoms with Gasteiger partial charge in [0, 0.05) is 24.6 Å². The number of primary amides is 1. The maximum absolute atomic E-state index is 11.3. The van der Waals surface area contributed by atoms with Crippen molar-refractivity contribution in [1.29, 1.82) is 5.26 Å². The second-order valence-electron chi connectivity index (χ2n) is 8.93. The number of hydrogen-bond acceptors (Lipinski definition) is 5. The number of rotatable bonds is 6. The highest BCUT2D eigenvalue weighted by Gasteiger charge is 2.46. The first kappa shape index (κ1) is 25.7. The van der Waals surface area contributed by atoms with E-state index in [1.807, 2.05) is 60.7 Å². The zero-order valence-corrected chi connectivity index (χ0v) is 20.3. The SMILES string of the molecule is CC(C)(CN)c1ccc(/C(C#N)=C/c2ccccc2)cc1.COC1(C(N)=O)COc2ccccc21. The van der Waals surface area contributed by atoms with Gasteiger partial charge in [0.05, 0.1) is 11.6 Å². The number of ether oxygens (including phenoxy) is 2. The van der Waals surface area contributed by atoms with Crippen molar-refractivity contribution >= 4 is 17.6 Å². The van der Waals surface area contributed by atoms with Crippen LogP contribution in [-0.4, -0.2) is 26.2 Å². The van der Waals surface area contributed by atoms with Gasteiger partial charge in [-0.2, -0.15) is 5.26 Å². The molecule has 4 rings (SSSR count). The van der Waals surface area contributed by atoms with Crippen molar-refractivity contribution in [2.24, 2.45) is 11.5 Å². The van der Waals surface area contributed by atoms with Crippen molar-refractivity contribution < 1.29 is 14.3 Å². The van der Waals surface area contributed by atoms with Crippen LogP contribution < -0.4 is 16.2 Å². The lowest BCUT2D eigenvalue weighted by atomic mass is 9.84. The zero-order valence-electron chi connectivity index (χ0n) is 20.3. The van der Waals surface area contributed by atoms with E-state index in [2.05, 4.69) is 32.0 Å². The van der Waals surface area contributed by atoms with Crippen LogP contribution in [0.3, 0.4) is 0 Å². The lowest BCUT2D eigenvalue weighted by Crippen LogP contribution is -2.44. The number of fused-ring (bicyclic) bond motifs is 1. The Morgan fingerprint density at radius 1 is 1.09 bits per heavy atom. The molecule has 0 aromatic heterocycles. The Bertz CT molecular complexity index is 1230. The molecule has 6 nitrogen and oxygen atoms in total. The van der Waals surface area contributed by atoms with Gasteiger partial charge in [0.2, 0.25) is 5.60 Å². The number of hydrogen-bond donors (Lipinski definition) is 2. The number of carbonyl (C=O) groups is 1. The minimum atomic E-state index is -1.11. The van der Waals surface area contributed by atoms with Gasteiger partial charge >= 0.3 is 0 Å². The van der Waals surface area contributed by atoms with Crippen LogP contribution >= 0.6 is 0 Å². The van der Waals surface area contributed by atoms with Crippen molar-refractivity contribution in [1.82, 2.24) is 0 Å². The largest absolute Gasteiger partial charge is 0.489 e. The Labute approximate surface area is 206 Å². The number of benzene rings is 3. The number of allylic oxidation sites excluding steroid dienone is 1. The van der Waals surface area contributed by atoms with Crippen molar-refractivity contribution in [3.63, 3.8) is 0 Å². The highest BCUT2D eigenvalue weighted by atomic mass is 16.6. The van der Waals surface area contributed by atoms with Crippen LogP contribution in [0.5, 0.6) is 5.75 Å². The number of carbonyl (C=O) groups excluding carboxylic acids is 1. The molecule has 1 amide bonds. The first-order valence-corrected chi connectivity index (χ1v) is 11.3. The van der Waals surface area contributed by atoms with Gasteiger partial charge in [0.25, 0.3) is 5.91 Å². The highest BCUT2D eigenvalue weighted by Crippen LogP contribution is 2.38. The van der Waals surface area contributed by atoms with Crippen LogP contribution in [0.15, 0.2) is 78.9 Å². The van der Waals surface area contributed by atoms with E-state index in [0.717, 1.165) is 11.1 Å². The zero-order chi connectivity index (χ0) is 25.5. The first-order valence-electron chi connectivity index (χ1n) is 11.3. The molecule has 1 heterocycles. The van der Waals surface area contributed by atoms with Gasteiger partial charge in [0.1, 0.15) is 12.4 Å². The number of para-hydroxylation sites is 1. The van der Waals surface area contributed by atoms with Crippen LogP contribution in [0.4, 0.5) is 0 Å². The third kappa shape index (κ3) is 5.60. The molecular formula is C29H31N3O3. The van der Waals surface area contributed by atoms with E-state index in [4.69, 9.17) is 20.9 Å². The van der Waals surface area contributed by atoms with Gasteiger partial charge in [-0.3, -0.25) is 4.79 Å². The van der Waals surface area contributed by atoms with E-state index in [0.29, 0.717) is 23.4 Å². The van der Waals surface area contributed by atoms with Crippen LogP contribution in [0.25, 0.3) is 11.6 Å². The van der Waals surface area contributed by atoms with Crippen LogP contribution in [0.2, 0.25) is 0 Å². The standard InChI is InChI=1S/C19H20N2.C10H11NO3/c1-19(2,14-21)18-10-8-16(9-11-18)17(13-20)12-15-6-4-3-5-7-15;1-13-10(9(11)12)6-14-8-5-3-2-4-7(8)10/h3-12H,14,21H2,1-2H3;2-5H,6H2,1H3,(H2,11,12)/b17-12+;. The Morgan fingerprint density at radius 2 is 1.71 bits per heavy atom. The molecule has 3 aromatic rings. The lowest BCUT2D eigenvalue weighted by Gasteiger charge is -2.23. The molecule has 0 fully saturated rings. The maximum atomic E-state index is 11.3. The molecule has 0 saturated heterocycles. The fraction of sp³-hybridized carbons (Fsp3) is 0.241. The van der Waals surface area contributed by atoms with Crippen molar-refractivity contribution in [2.75, 3.05) is 20.3 Å². The molecule has 1 aliphatic rings. The summed E-state index contributed by atoms with van der Waals surface area (Å²) in [5, 5.41) is 9.38. The Balaban J connectivity index is 0.000000211. The third-order valence-corrected chi connectivity index (χ3v) is 6.22. The molecule has 4 N–H and O–H groups in total. The summed E-state index contributed by atoms with van der Waals surface area (Å²) in [7, 11) is 1.45. The number of amides is 1. The molecular weight excluding hydrogens is 438 g/mol. The average Bonchev–Trinajstić information content (AvgIpc) is 3.28. The number of nitriles is 1. The minimum absolute atomic E-state index is 0.0471. The number of methoxy groups -OCH3 is 1. The second kappa shape index (κ2) is 11.0. The van der Waals surface area contributed by atoms with Crippen LogP contribution in [0, 0.1) is 11.3 Å². The van der Waals surface area contributed by atoms with Gasteiger partial charge < -0.3 is 20.9 Å². The first-order chi connectivity index (χ1) is 16.8. The minimum Gasteiger partial charge on any atom is -0.489 e. The van der Waals surface area contributed by atoms with E-state index in [-0.39, 0.29) is 12.0 Å². The summed E-state index contributed by atoms with van der Waals surface area (Å²) in [6.45, 7) is 4.98. The summed E-state index contributed by atoms with van der Waals surface area (Å²) in [4.78, 5) is 11.3. The smallest absolute Gasteiger partial charge is 0.258 e. The second-order valence-corrected chi connectivity index (χ2v) is 8.93. The molecule has 0 bridgehead atoms. The lowest BCUT2D eigenvalue weighted by molar-refractivity contribution is -0.142. The van der Waals surface area contributed by atoms with Crippen molar-refractivity contribution in [3.8, 4) is 11.8 Å². The number of nitrogens with two attached hydrogens (primary N) is 2. The van der Waals surface area contributed by atoms with E-state index < -0.39 is 11.5 Å². The van der Waals surface area contributed by atoms with Gasteiger partial charge in [-0.05, 0) is 28.8 Å². The van der Waals surface area contributed by atoms with Gasteiger partial charge in [-0.25, -0.2) is 0 Å². The average molecular weight is 470 g/mol. The topological polar surface area (TPSA) is 111 Å². The summed E-state index contributed by atoms with van der Waals surface area (Å²) < 4.78 is 10.5. The molecule has 0 radical (unpaired) electrons. The normalized spacial score (nSPS) is 16.8. The highest BCUT2D eigenvalue weighted by molar-refractivity contribution is 5.89. The fourth-order valence-corrected chi connectivity index (χ4v) is 3.77. The van der Waals surface area contributed by atoms with Crippen molar-refractivity contribution in [2.45, 2.75) is 24.9 Å². The molecule has 0 saturated carbocycles. The van der Waals surface area contributed by atoms with E-state index >= 15 is 0 Å². The Morgan fingerprint density at radius 3 is 2.29 bits per heavy atom. The summed E-state index contributed by atoms with van der Waals surface area (Å²) in [5.74, 6) is 0.137. The summed E-state index contributed by atoms with van der Waals surface area (Å²) >= 11 is 0. The van der Waals surface area contributed by atoms with Gasteiger partial charge in [0.15, 0.2) is 0 Å². The van der Waals surface area contributed by atoms with Gasteiger partial charge in [-0.15, -0.1) is 0 Å². The maximum Gasteiger partial charge on any atom is 0.258 e. The van der Waals surface area contributed by atoms with Crippen molar-refractivity contribution in [3.05, 3.63) is 101 Å². The molecule has 1 atom stereocenters. The monoisotopic (exact) mass is 469 g/mol. The summed E-state index contributed by atoms with van der Waals surface area (Å²) in [6.07, 6.45) is 1.91. The van der Waals surface area contributed by atoms with Gasteiger partial charge in [-0.1, -0.05) is 86.6 Å². The predicted molar refractivity (Wildman–Crippen MR) is 138 cm³/mol. The molecule has 3 aromatic carbocycles. The quantitative estimate of drug-likeness (QED) is 0.411. The molecule has 1 unspecified atom stereocenters. The molecule has 0 spiro atoms. The third-order valence-electron chi connectivity index (χ3n) is 6.22. The van der Waals surface area contributed by atoms with E-state index in [1.165, 1.54) is 12.7 Å². The molecule has 1 aliphatic heterocycles. The summed E-state index contributed by atoms with van der Waals surface area (Å²) in [6, 6.07) is 27.5. The Hall–Kier alpha value is -3.92. The molecule has 0 aliphatic carbocycles.